The minimum Gasteiger partial charge on any atom is -0.340 e. The van der Waals surface area contributed by atoms with Crippen LogP contribution in [0.4, 0.5) is 0 Å². The van der Waals surface area contributed by atoms with Gasteiger partial charge in [-0.2, -0.15) is 0 Å². The molecule has 0 bridgehead atoms. The number of hydrogen-bond donors (Lipinski definition) is 1. The Morgan fingerprint density at radius 3 is 2.63 bits per heavy atom. The van der Waals surface area contributed by atoms with E-state index in [4.69, 9.17) is 0 Å². The van der Waals surface area contributed by atoms with E-state index in [0.717, 1.165) is 38.4 Å². The molecule has 4 heteroatoms. The molecule has 2 rings (SSSR count). The Hall–Kier alpha value is -0.280. The zero-order valence-electron chi connectivity index (χ0n) is 12.2. The van der Waals surface area contributed by atoms with E-state index in [1.54, 1.807) is 0 Å². The van der Waals surface area contributed by atoms with E-state index in [1.165, 1.54) is 38.5 Å². The summed E-state index contributed by atoms with van der Waals surface area (Å²) in [5, 5.41) is 3.39. The monoisotopic (exact) mass is 288 g/mol. The van der Waals surface area contributed by atoms with Gasteiger partial charge in [0.15, 0.2) is 0 Å². The van der Waals surface area contributed by atoms with Crippen molar-refractivity contribution < 1.29 is 4.79 Å². The van der Waals surface area contributed by atoms with E-state index in [-0.39, 0.29) is 12.4 Å². The molecule has 0 aromatic heterocycles. The summed E-state index contributed by atoms with van der Waals surface area (Å²) in [6, 6.07) is 0.466. The van der Waals surface area contributed by atoms with Crippen LogP contribution in [0.3, 0.4) is 0 Å². The highest BCUT2D eigenvalue weighted by Crippen LogP contribution is 2.21. The molecule has 3 nitrogen and oxygen atoms in total. The summed E-state index contributed by atoms with van der Waals surface area (Å²) in [7, 11) is 0. The molecule has 0 radical (unpaired) electrons. The maximum Gasteiger partial charge on any atom is 0.222 e. The Morgan fingerprint density at radius 1 is 1.16 bits per heavy atom. The summed E-state index contributed by atoms with van der Waals surface area (Å²) in [6.45, 7) is 5.48. The first-order chi connectivity index (χ1) is 8.77. The van der Waals surface area contributed by atoms with E-state index in [1.807, 2.05) is 0 Å². The molecule has 0 aromatic carbocycles. The Bertz CT molecular complexity index is 267. The molecule has 0 saturated carbocycles. The summed E-state index contributed by atoms with van der Waals surface area (Å²) in [5.41, 5.74) is 0. The van der Waals surface area contributed by atoms with Gasteiger partial charge in [-0.05, 0) is 58.0 Å². The van der Waals surface area contributed by atoms with Crippen molar-refractivity contribution in [2.45, 2.75) is 64.3 Å². The first-order valence-electron chi connectivity index (χ1n) is 7.77. The topological polar surface area (TPSA) is 32.3 Å². The fourth-order valence-corrected chi connectivity index (χ4v) is 3.29. The molecule has 19 heavy (non-hydrogen) atoms. The van der Waals surface area contributed by atoms with Crippen molar-refractivity contribution in [3.05, 3.63) is 0 Å². The summed E-state index contributed by atoms with van der Waals surface area (Å²) >= 11 is 0. The van der Waals surface area contributed by atoms with E-state index >= 15 is 0 Å². The van der Waals surface area contributed by atoms with Gasteiger partial charge < -0.3 is 10.2 Å². The molecule has 0 spiro atoms. The standard InChI is InChI=1S/C15H28N2O.ClH/c1-13-5-3-2-4-12-17(13)15(18)7-6-14-8-10-16-11-9-14;/h13-14,16H,2-12H2,1H3;1H. The van der Waals surface area contributed by atoms with Crippen molar-refractivity contribution in [1.29, 1.82) is 0 Å². The smallest absolute Gasteiger partial charge is 0.222 e. The number of halogens is 1. The van der Waals surface area contributed by atoms with Crippen LogP contribution in [-0.2, 0) is 4.79 Å². The van der Waals surface area contributed by atoms with Crippen molar-refractivity contribution in [3.8, 4) is 0 Å². The molecular formula is C15H29ClN2O. The van der Waals surface area contributed by atoms with Crippen molar-refractivity contribution in [1.82, 2.24) is 10.2 Å². The van der Waals surface area contributed by atoms with Crippen LogP contribution in [0.15, 0.2) is 0 Å². The summed E-state index contributed by atoms with van der Waals surface area (Å²) in [5.74, 6) is 1.18. The third kappa shape index (κ3) is 5.31. The van der Waals surface area contributed by atoms with Crippen LogP contribution in [0.25, 0.3) is 0 Å². The van der Waals surface area contributed by atoms with Crippen LogP contribution in [-0.4, -0.2) is 36.5 Å². The average Bonchev–Trinajstić information content (AvgIpc) is 2.62. The highest BCUT2D eigenvalue weighted by Gasteiger charge is 2.23. The number of rotatable bonds is 3. The molecule has 2 aliphatic heterocycles. The van der Waals surface area contributed by atoms with Crippen LogP contribution < -0.4 is 5.32 Å². The molecule has 1 amide bonds. The lowest BCUT2D eigenvalue weighted by atomic mass is 9.93. The van der Waals surface area contributed by atoms with E-state index in [2.05, 4.69) is 17.1 Å². The maximum absolute atomic E-state index is 12.3. The highest BCUT2D eigenvalue weighted by molar-refractivity contribution is 5.85. The molecule has 2 fully saturated rings. The highest BCUT2D eigenvalue weighted by atomic mass is 35.5. The Balaban J connectivity index is 0.00000180. The first kappa shape index (κ1) is 16.8. The Labute approximate surface area is 123 Å². The van der Waals surface area contributed by atoms with Crippen LogP contribution >= 0.6 is 12.4 Å². The van der Waals surface area contributed by atoms with E-state index in [9.17, 15) is 4.79 Å². The lowest BCUT2D eigenvalue weighted by Crippen LogP contribution is -2.38. The molecule has 2 saturated heterocycles. The second kappa shape index (κ2) is 8.80. The Kier molecular flexibility index (Phi) is 7.77. The predicted octanol–water partition coefficient (Wildman–Crippen LogP) is 2.98. The molecule has 2 aliphatic rings. The minimum atomic E-state index is 0. The van der Waals surface area contributed by atoms with Gasteiger partial charge in [-0.15, -0.1) is 12.4 Å². The van der Waals surface area contributed by atoms with Crippen molar-refractivity contribution >= 4 is 18.3 Å². The number of amides is 1. The largest absolute Gasteiger partial charge is 0.340 e. The zero-order valence-corrected chi connectivity index (χ0v) is 13.0. The lowest BCUT2D eigenvalue weighted by molar-refractivity contribution is -0.133. The molecular weight excluding hydrogens is 260 g/mol. The third-order valence-electron chi connectivity index (χ3n) is 4.60. The predicted molar refractivity (Wildman–Crippen MR) is 81.7 cm³/mol. The van der Waals surface area contributed by atoms with Crippen molar-refractivity contribution in [2.24, 2.45) is 5.92 Å². The first-order valence-corrected chi connectivity index (χ1v) is 7.77. The van der Waals surface area contributed by atoms with Gasteiger partial charge in [-0.1, -0.05) is 12.8 Å². The number of nitrogens with one attached hydrogen (secondary N) is 1. The van der Waals surface area contributed by atoms with Crippen LogP contribution in [0.2, 0.25) is 0 Å². The van der Waals surface area contributed by atoms with Gasteiger partial charge in [0.2, 0.25) is 5.91 Å². The second-order valence-electron chi connectivity index (χ2n) is 6.02. The number of piperidine rings is 1. The maximum atomic E-state index is 12.3. The molecule has 112 valence electrons. The fourth-order valence-electron chi connectivity index (χ4n) is 3.29. The second-order valence-corrected chi connectivity index (χ2v) is 6.02. The van der Waals surface area contributed by atoms with Gasteiger partial charge in [0.1, 0.15) is 0 Å². The van der Waals surface area contributed by atoms with E-state index < -0.39 is 0 Å². The molecule has 2 heterocycles. The molecule has 1 unspecified atom stereocenters. The summed E-state index contributed by atoms with van der Waals surface area (Å²) in [6.07, 6.45) is 9.36. The van der Waals surface area contributed by atoms with Crippen LogP contribution in [0.5, 0.6) is 0 Å². The number of likely N-dealkylation sites (tertiary alicyclic amines) is 1. The number of carbonyl (C=O) groups is 1. The third-order valence-corrected chi connectivity index (χ3v) is 4.60. The van der Waals surface area contributed by atoms with Gasteiger partial charge in [0, 0.05) is 19.0 Å². The van der Waals surface area contributed by atoms with Gasteiger partial charge in [-0.3, -0.25) is 4.79 Å². The van der Waals surface area contributed by atoms with Gasteiger partial charge in [0.25, 0.3) is 0 Å². The number of carbonyl (C=O) groups excluding carboxylic acids is 1. The van der Waals surface area contributed by atoms with Crippen LogP contribution in [0, 0.1) is 5.92 Å². The van der Waals surface area contributed by atoms with Crippen LogP contribution in [0.1, 0.15) is 58.3 Å². The zero-order chi connectivity index (χ0) is 12.8. The minimum absolute atomic E-state index is 0. The summed E-state index contributed by atoms with van der Waals surface area (Å²) in [4.78, 5) is 14.5. The number of hydrogen-bond acceptors (Lipinski definition) is 2. The molecule has 1 N–H and O–H groups in total. The van der Waals surface area contributed by atoms with E-state index in [0.29, 0.717) is 11.9 Å². The van der Waals surface area contributed by atoms with Gasteiger partial charge in [0.05, 0.1) is 0 Å². The normalized spacial score (nSPS) is 25.5. The quantitative estimate of drug-likeness (QED) is 0.866. The van der Waals surface area contributed by atoms with Gasteiger partial charge >= 0.3 is 0 Å². The average molecular weight is 289 g/mol. The SMILES string of the molecule is CC1CCCCCN1C(=O)CCC1CCNCC1.Cl. The summed E-state index contributed by atoms with van der Waals surface area (Å²) < 4.78 is 0. The lowest BCUT2D eigenvalue weighted by Gasteiger charge is -2.28. The fraction of sp³-hybridized carbons (Fsp3) is 0.933. The molecule has 1 atom stereocenters. The molecule has 0 aliphatic carbocycles. The molecule has 0 aromatic rings. The van der Waals surface area contributed by atoms with Gasteiger partial charge in [-0.25, -0.2) is 0 Å². The number of nitrogens with zero attached hydrogens (tertiary/aromatic N) is 1. The van der Waals surface area contributed by atoms with Crippen molar-refractivity contribution in [3.63, 3.8) is 0 Å². The van der Waals surface area contributed by atoms with Crippen molar-refractivity contribution in [2.75, 3.05) is 19.6 Å². The Morgan fingerprint density at radius 2 is 1.89 bits per heavy atom.